The van der Waals surface area contributed by atoms with Gasteiger partial charge in [-0.15, -0.1) is 0 Å². The average molecular weight is 468 g/mol. The maximum atomic E-state index is 12.1. The Hall–Kier alpha value is -2.86. The summed E-state index contributed by atoms with van der Waals surface area (Å²) < 4.78 is 8.72. The van der Waals surface area contributed by atoms with Crippen LogP contribution in [0.2, 0.25) is 0 Å². The topological polar surface area (TPSA) is 55.6 Å². The van der Waals surface area contributed by atoms with Gasteiger partial charge in [0.25, 0.3) is 5.91 Å². The van der Waals surface area contributed by atoms with Gasteiger partial charge in [0, 0.05) is 27.1 Å². The van der Waals surface area contributed by atoms with E-state index in [0.29, 0.717) is 5.75 Å². The van der Waals surface area contributed by atoms with Crippen molar-refractivity contribution in [3.05, 3.63) is 81.1 Å². The highest BCUT2D eigenvalue weighted by molar-refractivity contribution is 9.10. The van der Waals surface area contributed by atoms with Crippen LogP contribution in [0.1, 0.15) is 35.0 Å². The number of carbonyl (C=O) groups is 1. The van der Waals surface area contributed by atoms with Crippen LogP contribution in [0.15, 0.2) is 58.1 Å². The molecule has 0 spiro atoms. The molecular formula is C24H26BrN3O2. The normalized spacial score (nSPS) is 11.1. The van der Waals surface area contributed by atoms with E-state index in [0.717, 1.165) is 39.1 Å². The van der Waals surface area contributed by atoms with Crippen molar-refractivity contribution in [2.75, 3.05) is 6.61 Å². The molecular weight excluding hydrogens is 442 g/mol. The van der Waals surface area contributed by atoms with E-state index in [1.165, 1.54) is 5.56 Å². The first-order valence-corrected chi connectivity index (χ1v) is 10.7. The molecule has 0 aliphatic heterocycles. The van der Waals surface area contributed by atoms with Crippen molar-refractivity contribution in [1.29, 1.82) is 0 Å². The first-order valence-electron chi connectivity index (χ1n) is 9.88. The zero-order valence-electron chi connectivity index (χ0n) is 17.7. The molecule has 6 heteroatoms. The molecule has 2 aromatic carbocycles. The van der Waals surface area contributed by atoms with E-state index in [1.807, 2.05) is 51.1 Å². The SMILES string of the molecule is CCc1cc(C)cc(OCC(=O)N/N=C/c2c(Br)c(C)n(-c3ccccc3)c2C)c1. The number of halogens is 1. The molecule has 0 aliphatic rings. The zero-order chi connectivity index (χ0) is 21.7. The molecule has 0 saturated heterocycles. The summed E-state index contributed by atoms with van der Waals surface area (Å²) in [4.78, 5) is 12.1. The third kappa shape index (κ3) is 5.00. The number of nitrogens with one attached hydrogen (secondary N) is 1. The summed E-state index contributed by atoms with van der Waals surface area (Å²) in [7, 11) is 0. The molecule has 0 aliphatic carbocycles. The van der Waals surface area contributed by atoms with E-state index in [-0.39, 0.29) is 12.5 Å². The Balaban J connectivity index is 1.66. The smallest absolute Gasteiger partial charge is 0.277 e. The van der Waals surface area contributed by atoms with Crippen molar-refractivity contribution < 1.29 is 9.53 Å². The number of hydrazone groups is 1. The van der Waals surface area contributed by atoms with Crippen LogP contribution < -0.4 is 10.2 Å². The van der Waals surface area contributed by atoms with Crippen LogP contribution in [0.5, 0.6) is 5.75 Å². The highest BCUT2D eigenvalue weighted by Crippen LogP contribution is 2.29. The molecule has 0 radical (unpaired) electrons. The lowest BCUT2D eigenvalue weighted by atomic mass is 10.1. The summed E-state index contributed by atoms with van der Waals surface area (Å²) in [5.41, 5.74) is 8.94. The number of nitrogens with zero attached hydrogens (tertiary/aromatic N) is 2. The van der Waals surface area contributed by atoms with Gasteiger partial charge in [0.15, 0.2) is 6.61 Å². The van der Waals surface area contributed by atoms with Gasteiger partial charge in [-0.3, -0.25) is 4.79 Å². The van der Waals surface area contributed by atoms with Gasteiger partial charge in [0.2, 0.25) is 0 Å². The highest BCUT2D eigenvalue weighted by atomic mass is 79.9. The Morgan fingerprint density at radius 2 is 1.87 bits per heavy atom. The second kappa shape index (κ2) is 9.76. The molecule has 1 aromatic heterocycles. The third-order valence-corrected chi connectivity index (χ3v) is 5.90. The second-order valence-electron chi connectivity index (χ2n) is 7.16. The van der Waals surface area contributed by atoms with Gasteiger partial charge in [-0.05, 0) is 78.5 Å². The third-order valence-electron chi connectivity index (χ3n) is 4.90. The van der Waals surface area contributed by atoms with Crippen LogP contribution >= 0.6 is 15.9 Å². The Labute approximate surface area is 185 Å². The molecule has 3 rings (SSSR count). The number of aryl methyl sites for hydroxylation is 2. The predicted molar refractivity (Wildman–Crippen MR) is 125 cm³/mol. The summed E-state index contributed by atoms with van der Waals surface area (Å²) in [6.07, 6.45) is 2.58. The highest BCUT2D eigenvalue weighted by Gasteiger charge is 2.15. The fourth-order valence-corrected chi connectivity index (χ4v) is 3.97. The van der Waals surface area contributed by atoms with E-state index in [2.05, 4.69) is 56.1 Å². The minimum Gasteiger partial charge on any atom is -0.484 e. The van der Waals surface area contributed by atoms with Gasteiger partial charge < -0.3 is 9.30 Å². The molecule has 156 valence electrons. The van der Waals surface area contributed by atoms with Crippen LogP contribution in [-0.4, -0.2) is 23.3 Å². The van der Waals surface area contributed by atoms with E-state index in [9.17, 15) is 4.79 Å². The Kier molecular flexibility index (Phi) is 7.11. The number of aromatic nitrogens is 1. The maximum absolute atomic E-state index is 12.1. The molecule has 0 atom stereocenters. The fraction of sp³-hybridized carbons (Fsp3) is 0.250. The molecule has 0 bridgehead atoms. The summed E-state index contributed by atoms with van der Waals surface area (Å²) in [6.45, 7) is 8.08. The number of para-hydroxylation sites is 1. The van der Waals surface area contributed by atoms with Gasteiger partial charge in [-0.1, -0.05) is 31.2 Å². The van der Waals surface area contributed by atoms with Crippen molar-refractivity contribution in [3.63, 3.8) is 0 Å². The van der Waals surface area contributed by atoms with E-state index < -0.39 is 0 Å². The molecule has 0 unspecified atom stereocenters. The quantitative estimate of drug-likeness (QED) is 0.380. The van der Waals surface area contributed by atoms with E-state index >= 15 is 0 Å². The first-order chi connectivity index (χ1) is 14.4. The summed E-state index contributed by atoms with van der Waals surface area (Å²) in [5.74, 6) is 0.388. The fourth-order valence-electron chi connectivity index (χ4n) is 3.40. The molecule has 1 N–H and O–H groups in total. The van der Waals surface area contributed by atoms with Gasteiger partial charge in [0.05, 0.1) is 6.21 Å². The van der Waals surface area contributed by atoms with Crippen molar-refractivity contribution in [2.45, 2.75) is 34.1 Å². The molecule has 30 heavy (non-hydrogen) atoms. The van der Waals surface area contributed by atoms with Crippen molar-refractivity contribution in [3.8, 4) is 11.4 Å². The number of benzene rings is 2. The second-order valence-corrected chi connectivity index (χ2v) is 7.95. The van der Waals surface area contributed by atoms with E-state index in [4.69, 9.17) is 4.74 Å². The van der Waals surface area contributed by atoms with Gasteiger partial charge in [0.1, 0.15) is 5.75 Å². The van der Waals surface area contributed by atoms with Gasteiger partial charge >= 0.3 is 0 Å². The number of carbonyl (C=O) groups excluding carboxylic acids is 1. The summed E-state index contributed by atoms with van der Waals surface area (Å²) >= 11 is 3.65. The van der Waals surface area contributed by atoms with E-state index in [1.54, 1.807) is 6.21 Å². The van der Waals surface area contributed by atoms with Crippen LogP contribution in [0.25, 0.3) is 5.69 Å². The number of ether oxygens (including phenoxy) is 1. The minimum absolute atomic E-state index is 0.0891. The Morgan fingerprint density at radius 3 is 2.57 bits per heavy atom. The molecule has 0 saturated carbocycles. The zero-order valence-corrected chi connectivity index (χ0v) is 19.3. The van der Waals surface area contributed by atoms with Crippen LogP contribution in [0.3, 0.4) is 0 Å². The number of amides is 1. The van der Waals surface area contributed by atoms with Gasteiger partial charge in [-0.2, -0.15) is 5.10 Å². The largest absolute Gasteiger partial charge is 0.484 e. The summed E-state index contributed by atoms with van der Waals surface area (Å²) in [6, 6.07) is 16.1. The number of rotatable bonds is 7. The lowest BCUT2D eigenvalue weighted by Crippen LogP contribution is -2.24. The predicted octanol–water partition coefficient (Wildman–Crippen LogP) is 5.26. The van der Waals surface area contributed by atoms with Crippen molar-refractivity contribution in [2.24, 2.45) is 5.10 Å². The van der Waals surface area contributed by atoms with Crippen LogP contribution in [-0.2, 0) is 11.2 Å². The Bertz CT molecular complexity index is 1070. The van der Waals surface area contributed by atoms with Gasteiger partial charge in [-0.25, -0.2) is 5.43 Å². The molecule has 1 amide bonds. The standard InChI is InChI=1S/C24H26BrN3O2/c1-5-19-11-16(2)12-21(13-19)30-15-23(29)27-26-14-22-17(3)28(18(4)24(22)25)20-9-7-6-8-10-20/h6-14H,5,15H2,1-4H3,(H,27,29)/b26-14+. The minimum atomic E-state index is -0.307. The Morgan fingerprint density at radius 1 is 1.13 bits per heavy atom. The molecule has 3 aromatic rings. The van der Waals surface area contributed by atoms with Crippen LogP contribution in [0, 0.1) is 20.8 Å². The molecule has 0 fully saturated rings. The van der Waals surface area contributed by atoms with Crippen molar-refractivity contribution >= 4 is 28.1 Å². The number of hydrogen-bond donors (Lipinski definition) is 1. The van der Waals surface area contributed by atoms with Crippen LogP contribution in [0.4, 0.5) is 0 Å². The van der Waals surface area contributed by atoms with Crippen molar-refractivity contribution in [1.82, 2.24) is 9.99 Å². The molecule has 1 heterocycles. The number of hydrogen-bond acceptors (Lipinski definition) is 3. The monoisotopic (exact) mass is 467 g/mol. The molecule has 5 nitrogen and oxygen atoms in total. The first kappa shape index (κ1) is 21.8. The lowest BCUT2D eigenvalue weighted by molar-refractivity contribution is -0.123. The maximum Gasteiger partial charge on any atom is 0.277 e. The average Bonchev–Trinajstić information content (AvgIpc) is 2.95. The summed E-state index contributed by atoms with van der Waals surface area (Å²) in [5, 5.41) is 4.13. The lowest BCUT2D eigenvalue weighted by Gasteiger charge is -2.09.